The summed E-state index contributed by atoms with van der Waals surface area (Å²) < 4.78 is 9.85. The maximum atomic E-state index is 5.85. The second-order valence-corrected chi connectivity index (χ2v) is 8.50. The van der Waals surface area contributed by atoms with E-state index in [0.29, 0.717) is 5.92 Å². The number of hydrogen-bond donors (Lipinski definition) is 0. The molecule has 1 aliphatic heterocycles. The molecule has 1 fully saturated rings. The number of hydrogen-bond acceptors (Lipinski definition) is 4. The first-order chi connectivity index (χ1) is 15.8. The second kappa shape index (κ2) is 6.79. The SMILES string of the molecule is c1ccc(-c2nc3ccc(-n4ccc(C5CC5)n4)nc3n2-c2ccc3c(c2)OCC3)cc1. The summed E-state index contributed by atoms with van der Waals surface area (Å²) in [5.74, 6) is 3.21. The van der Waals surface area contributed by atoms with Crippen molar-refractivity contribution in [3.8, 4) is 28.6 Å². The first-order valence-corrected chi connectivity index (χ1v) is 11.1. The van der Waals surface area contributed by atoms with Crippen LogP contribution in [0.2, 0.25) is 0 Å². The van der Waals surface area contributed by atoms with Crippen LogP contribution in [-0.4, -0.2) is 30.9 Å². The van der Waals surface area contributed by atoms with E-state index in [9.17, 15) is 0 Å². The third-order valence-electron chi connectivity index (χ3n) is 6.30. The Labute approximate surface area is 185 Å². The third-order valence-corrected chi connectivity index (χ3v) is 6.30. The molecule has 4 heterocycles. The molecule has 6 nitrogen and oxygen atoms in total. The molecule has 6 heteroatoms. The minimum Gasteiger partial charge on any atom is -0.493 e. The van der Waals surface area contributed by atoms with Crippen LogP contribution in [-0.2, 0) is 6.42 Å². The molecule has 0 amide bonds. The van der Waals surface area contributed by atoms with Gasteiger partial charge in [-0.3, -0.25) is 4.57 Å². The molecule has 32 heavy (non-hydrogen) atoms. The molecule has 0 saturated heterocycles. The molecule has 7 rings (SSSR count). The van der Waals surface area contributed by atoms with Crippen LogP contribution in [0.5, 0.6) is 5.75 Å². The number of nitrogens with zero attached hydrogens (tertiary/aromatic N) is 5. The van der Waals surface area contributed by atoms with Gasteiger partial charge in [0.05, 0.1) is 18.0 Å². The Morgan fingerprint density at radius 3 is 2.69 bits per heavy atom. The average molecular weight is 419 g/mol. The van der Waals surface area contributed by atoms with E-state index in [2.05, 4.69) is 41.0 Å². The van der Waals surface area contributed by atoms with E-state index >= 15 is 0 Å². The first-order valence-electron chi connectivity index (χ1n) is 11.1. The lowest BCUT2D eigenvalue weighted by atomic mass is 10.1. The van der Waals surface area contributed by atoms with Crippen LogP contribution in [0.15, 0.2) is 72.9 Å². The summed E-state index contributed by atoms with van der Waals surface area (Å²) in [5.41, 5.74) is 6.10. The van der Waals surface area contributed by atoms with Gasteiger partial charge in [0.2, 0.25) is 0 Å². The van der Waals surface area contributed by atoms with E-state index in [0.717, 1.165) is 58.5 Å². The molecule has 1 aliphatic carbocycles. The van der Waals surface area contributed by atoms with Gasteiger partial charge in [-0.05, 0) is 42.7 Å². The van der Waals surface area contributed by atoms with Crippen LogP contribution in [0, 0.1) is 0 Å². The summed E-state index contributed by atoms with van der Waals surface area (Å²) >= 11 is 0. The minimum absolute atomic E-state index is 0.613. The van der Waals surface area contributed by atoms with Crippen molar-refractivity contribution in [3.05, 3.63) is 84.2 Å². The van der Waals surface area contributed by atoms with Gasteiger partial charge in [0, 0.05) is 30.2 Å². The lowest BCUT2D eigenvalue weighted by Crippen LogP contribution is -2.03. The quantitative estimate of drug-likeness (QED) is 0.407. The number of imidazole rings is 1. The Bertz CT molecular complexity index is 1460. The van der Waals surface area contributed by atoms with Crippen molar-refractivity contribution in [1.82, 2.24) is 24.3 Å². The maximum Gasteiger partial charge on any atom is 0.167 e. The molecule has 5 aromatic rings. The first kappa shape index (κ1) is 17.7. The zero-order valence-electron chi connectivity index (χ0n) is 17.5. The number of benzene rings is 2. The normalized spacial score (nSPS) is 15.1. The Hall–Kier alpha value is -3.93. The molecular formula is C26H21N5O. The average Bonchev–Trinajstić information content (AvgIpc) is 3.24. The van der Waals surface area contributed by atoms with Crippen LogP contribution in [0.3, 0.4) is 0 Å². The standard InChI is InChI=1S/C26H21N5O/c1-2-4-19(5-3-1)25-27-22-10-11-24(30-14-12-21(29-30)17-6-7-17)28-26(22)31(25)20-9-8-18-13-15-32-23(18)16-20/h1-5,8-12,14,16-17H,6-7,13,15H2. The van der Waals surface area contributed by atoms with Gasteiger partial charge in [0.25, 0.3) is 0 Å². The highest BCUT2D eigenvalue weighted by molar-refractivity contribution is 5.81. The number of pyridine rings is 1. The Kier molecular flexibility index (Phi) is 3.76. The van der Waals surface area contributed by atoms with E-state index < -0.39 is 0 Å². The minimum atomic E-state index is 0.613. The number of fused-ring (bicyclic) bond motifs is 2. The largest absolute Gasteiger partial charge is 0.493 e. The van der Waals surface area contributed by atoms with Crippen molar-refractivity contribution in [2.75, 3.05) is 6.61 Å². The van der Waals surface area contributed by atoms with E-state index in [-0.39, 0.29) is 0 Å². The lowest BCUT2D eigenvalue weighted by molar-refractivity contribution is 0.356. The predicted molar refractivity (Wildman–Crippen MR) is 123 cm³/mol. The number of rotatable bonds is 4. The second-order valence-electron chi connectivity index (χ2n) is 8.50. The van der Waals surface area contributed by atoms with Crippen molar-refractivity contribution >= 4 is 11.2 Å². The topological polar surface area (TPSA) is 57.8 Å². The van der Waals surface area contributed by atoms with Crippen LogP contribution in [0.25, 0.3) is 34.1 Å². The van der Waals surface area contributed by atoms with Crippen molar-refractivity contribution in [1.29, 1.82) is 0 Å². The fraction of sp³-hybridized carbons (Fsp3) is 0.192. The van der Waals surface area contributed by atoms with Crippen LogP contribution in [0.1, 0.15) is 30.0 Å². The van der Waals surface area contributed by atoms with Gasteiger partial charge in [-0.25, -0.2) is 14.6 Å². The van der Waals surface area contributed by atoms with Gasteiger partial charge >= 0.3 is 0 Å². The molecule has 0 spiro atoms. The predicted octanol–water partition coefficient (Wildman–Crippen LogP) is 5.09. The smallest absolute Gasteiger partial charge is 0.167 e. The monoisotopic (exact) mass is 419 g/mol. The highest BCUT2D eigenvalue weighted by Gasteiger charge is 2.26. The van der Waals surface area contributed by atoms with Crippen molar-refractivity contribution in [2.45, 2.75) is 25.2 Å². The molecule has 3 aromatic heterocycles. The molecular weight excluding hydrogens is 398 g/mol. The van der Waals surface area contributed by atoms with Crippen molar-refractivity contribution in [2.24, 2.45) is 0 Å². The van der Waals surface area contributed by atoms with Gasteiger partial charge in [0.1, 0.15) is 17.1 Å². The van der Waals surface area contributed by atoms with E-state index in [4.69, 9.17) is 19.8 Å². The zero-order valence-corrected chi connectivity index (χ0v) is 17.5. The molecule has 0 radical (unpaired) electrons. The van der Waals surface area contributed by atoms with Crippen molar-refractivity contribution in [3.63, 3.8) is 0 Å². The molecule has 1 saturated carbocycles. The summed E-state index contributed by atoms with van der Waals surface area (Å²) in [6.07, 6.45) is 5.43. The summed E-state index contributed by atoms with van der Waals surface area (Å²) in [5, 5.41) is 4.77. The van der Waals surface area contributed by atoms with Gasteiger partial charge in [-0.15, -0.1) is 0 Å². The fourth-order valence-corrected chi connectivity index (χ4v) is 4.46. The third kappa shape index (κ3) is 2.83. The lowest BCUT2D eigenvalue weighted by Gasteiger charge is -2.11. The molecule has 0 bridgehead atoms. The highest BCUT2D eigenvalue weighted by Crippen LogP contribution is 2.39. The summed E-state index contributed by atoms with van der Waals surface area (Å²) in [6, 6.07) is 22.8. The van der Waals surface area contributed by atoms with Crippen LogP contribution < -0.4 is 4.74 Å². The molecule has 0 unspecified atom stereocenters. The van der Waals surface area contributed by atoms with Crippen molar-refractivity contribution < 1.29 is 4.74 Å². The van der Waals surface area contributed by atoms with Gasteiger partial charge in [-0.1, -0.05) is 36.4 Å². The fourth-order valence-electron chi connectivity index (χ4n) is 4.46. The summed E-state index contributed by atoms with van der Waals surface area (Å²) in [4.78, 5) is 9.98. The molecule has 0 atom stereocenters. The summed E-state index contributed by atoms with van der Waals surface area (Å²) in [6.45, 7) is 0.736. The molecule has 2 aliphatic rings. The summed E-state index contributed by atoms with van der Waals surface area (Å²) in [7, 11) is 0. The zero-order chi connectivity index (χ0) is 21.1. The van der Waals surface area contributed by atoms with Crippen LogP contribution >= 0.6 is 0 Å². The maximum absolute atomic E-state index is 5.85. The Balaban J connectivity index is 1.44. The molecule has 0 N–H and O–H groups in total. The Morgan fingerprint density at radius 1 is 0.906 bits per heavy atom. The van der Waals surface area contributed by atoms with Gasteiger partial charge < -0.3 is 4.74 Å². The van der Waals surface area contributed by atoms with E-state index in [1.165, 1.54) is 18.4 Å². The van der Waals surface area contributed by atoms with E-state index in [1.54, 1.807) is 0 Å². The van der Waals surface area contributed by atoms with Crippen LogP contribution in [0.4, 0.5) is 0 Å². The highest BCUT2D eigenvalue weighted by atomic mass is 16.5. The molecule has 2 aromatic carbocycles. The Morgan fingerprint density at radius 2 is 1.81 bits per heavy atom. The van der Waals surface area contributed by atoms with Gasteiger partial charge in [-0.2, -0.15) is 5.10 Å². The molecule has 156 valence electrons. The number of ether oxygens (including phenoxy) is 1. The number of aromatic nitrogens is 5. The van der Waals surface area contributed by atoms with E-state index in [1.807, 2.05) is 41.2 Å². The van der Waals surface area contributed by atoms with Gasteiger partial charge in [0.15, 0.2) is 11.5 Å².